The van der Waals surface area contributed by atoms with Crippen molar-refractivity contribution < 1.29 is 9.53 Å². The second-order valence-corrected chi connectivity index (χ2v) is 8.61. The molecule has 1 aliphatic carbocycles. The molecule has 1 aliphatic heterocycles. The molecule has 1 aromatic rings. The van der Waals surface area contributed by atoms with Gasteiger partial charge in [0.25, 0.3) is 0 Å². The Labute approximate surface area is 136 Å². The normalized spacial score (nSPS) is 27.8. The van der Waals surface area contributed by atoms with E-state index in [4.69, 9.17) is 4.74 Å². The fourth-order valence-electron chi connectivity index (χ4n) is 3.58. The number of alkyl carbamates (subject to hydrolysis) is 1. The molecule has 1 N–H and O–H groups in total. The summed E-state index contributed by atoms with van der Waals surface area (Å²) in [5, 5.41) is 5.48. The van der Waals surface area contributed by atoms with Crippen LogP contribution in [0, 0.1) is 18.8 Å². The van der Waals surface area contributed by atoms with Gasteiger partial charge in [-0.2, -0.15) is 0 Å². The topological polar surface area (TPSA) is 54.5 Å². The summed E-state index contributed by atoms with van der Waals surface area (Å²) in [6, 6.07) is 0.250. The Kier molecular flexibility index (Phi) is 4.05. The van der Waals surface area contributed by atoms with Gasteiger partial charge in [-0.05, 0) is 52.4 Å². The fourth-order valence-corrected chi connectivity index (χ4v) is 4.37. The van der Waals surface area contributed by atoms with Crippen LogP contribution >= 0.6 is 11.3 Å². The van der Waals surface area contributed by atoms with Gasteiger partial charge in [0.05, 0.1) is 11.2 Å². The zero-order valence-corrected chi connectivity index (χ0v) is 14.6. The van der Waals surface area contributed by atoms with E-state index in [1.807, 2.05) is 33.9 Å². The predicted molar refractivity (Wildman–Crippen MR) is 88.4 cm³/mol. The van der Waals surface area contributed by atoms with E-state index in [2.05, 4.69) is 15.2 Å². The van der Waals surface area contributed by atoms with Crippen LogP contribution in [0.3, 0.4) is 0 Å². The Hall–Kier alpha value is -1.30. The number of carbonyl (C=O) groups excluding carboxylic acids is 1. The van der Waals surface area contributed by atoms with Crippen molar-refractivity contribution in [1.29, 1.82) is 0 Å². The van der Waals surface area contributed by atoms with Gasteiger partial charge in [-0.1, -0.05) is 0 Å². The highest BCUT2D eigenvalue weighted by Gasteiger charge is 2.43. The number of aryl methyl sites for hydroxylation is 1. The zero-order chi connectivity index (χ0) is 15.9. The lowest BCUT2D eigenvalue weighted by Gasteiger charge is -2.38. The third kappa shape index (κ3) is 3.37. The predicted octanol–water partition coefficient (Wildman–Crippen LogP) is 3.19. The zero-order valence-electron chi connectivity index (χ0n) is 13.8. The van der Waals surface area contributed by atoms with Crippen molar-refractivity contribution in [3.63, 3.8) is 0 Å². The average molecular weight is 323 g/mol. The minimum atomic E-state index is -0.440. The fraction of sp³-hybridized carbons (Fsp3) is 0.750. The molecule has 6 heteroatoms. The largest absolute Gasteiger partial charge is 0.444 e. The molecule has 3 rings (SSSR count). The summed E-state index contributed by atoms with van der Waals surface area (Å²) in [6.45, 7) is 9.73. The summed E-state index contributed by atoms with van der Waals surface area (Å²) >= 11 is 1.75. The molecule has 1 amide bonds. The Bertz CT molecular complexity index is 538. The quantitative estimate of drug-likeness (QED) is 0.908. The molecule has 2 aliphatic rings. The maximum atomic E-state index is 12.0. The molecule has 5 nitrogen and oxygen atoms in total. The minimum absolute atomic E-state index is 0.250. The number of fused-ring (bicyclic) bond motifs is 2. The average Bonchev–Trinajstić information content (AvgIpc) is 2.89. The number of anilines is 1. The monoisotopic (exact) mass is 323 g/mol. The van der Waals surface area contributed by atoms with Crippen molar-refractivity contribution in [3.05, 3.63) is 11.2 Å². The molecular formula is C16H25N3O2S. The second kappa shape index (κ2) is 5.72. The number of hydrogen-bond donors (Lipinski definition) is 1. The first-order valence-electron chi connectivity index (χ1n) is 7.99. The van der Waals surface area contributed by atoms with Gasteiger partial charge in [0.2, 0.25) is 0 Å². The van der Waals surface area contributed by atoms with Gasteiger partial charge >= 0.3 is 6.09 Å². The van der Waals surface area contributed by atoms with E-state index in [1.165, 1.54) is 17.8 Å². The van der Waals surface area contributed by atoms with Gasteiger partial charge in [0.15, 0.2) is 0 Å². The number of rotatable bonds is 2. The first-order valence-corrected chi connectivity index (χ1v) is 8.80. The van der Waals surface area contributed by atoms with E-state index in [1.54, 1.807) is 11.3 Å². The highest BCUT2D eigenvalue weighted by Crippen LogP contribution is 2.40. The number of thiazole rings is 1. The molecule has 2 heterocycles. The van der Waals surface area contributed by atoms with E-state index in [0.29, 0.717) is 11.8 Å². The molecular weight excluding hydrogens is 298 g/mol. The van der Waals surface area contributed by atoms with Gasteiger partial charge in [-0.3, -0.25) is 0 Å². The Morgan fingerprint density at radius 2 is 2.00 bits per heavy atom. The van der Waals surface area contributed by atoms with Crippen molar-refractivity contribution >= 4 is 22.4 Å². The lowest BCUT2D eigenvalue weighted by Crippen LogP contribution is -2.53. The molecule has 2 fully saturated rings. The number of amides is 1. The van der Waals surface area contributed by atoms with Crippen molar-refractivity contribution in [1.82, 2.24) is 10.3 Å². The van der Waals surface area contributed by atoms with Crippen LogP contribution in [0.15, 0.2) is 6.20 Å². The SMILES string of the molecule is Cc1ncc(N2C[C@H]3CC[C@@H](C2)C3NC(=O)OC(C)(C)C)s1. The van der Waals surface area contributed by atoms with Gasteiger partial charge in [-0.25, -0.2) is 9.78 Å². The van der Waals surface area contributed by atoms with Crippen molar-refractivity contribution in [2.24, 2.45) is 11.8 Å². The van der Waals surface area contributed by atoms with Crippen LogP contribution in [0.2, 0.25) is 0 Å². The van der Waals surface area contributed by atoms with E-state index in [-0.39, 0.29) is 12.1 Å². The third-order valence-corrected chi connectivity index (χ3v) is 5.41. The van der Waals surface area contributed by atoms with Crippen molar-refractivity contribution in [2.75, 3.05) is 18.0 Å². The van der Waals surface area contributed by atoms with E-state index >= 15 is 0 Å². The van der Waals surface area contributed by atoms with Crippen LogP contribution in [0.25, 0.3) is 0 Å². The summed E-state index contributed by atoms with van der Waals surface area (Å²) in [4.78, 5) is 18.8. The van der Waals surface area contributed by atoms with Crippen molar-refractivity contribution in [3.8, 4) is 0 Å². The number of carbonyl (C=O) groups is 1. The molecule has 0 radical (unpaired) electrons. The first-order chi connectivity index (χ1) is 10.3. The van der Waals surface area contributed by atoms with Gasteiger partial charge < -0.3 is 15.0 Å². The molecule has 0 spiro atoms. The molecule has 1 saturated heterocycles. The number of hydrogen-bond acceptors (Lipinski definition) is 5. The molecule has 1 aromatic heterocycles. The van der Waals surface area contributed by atoms with Crippen LogP contribution in [0.5, 0.6) is 0 Å². The number of nitrogens with one attached hydrogen (secondary N) is 1. The first kappa shape index (κ1) is 15.6. The maximum Gasteiger partial charge on any atom is 0.407 e. The van der Waals surface area contributed by atoms with Crippen LogP contribution < -0.4 is 10.2 Å². The summed E-state index contributed by atoms with van der Waals surface area (Å²) in [5.41, 5.74) is -0.440. The maximum absolute atomic E-state index is 12.0. The van der Waals surface area contributed by atoms with E-state index in [0.717, 1.165) is 18.1 Å². The minimum Gasteiger partial charge on any atom is -0.444 e. The Morgan fingerprint density at radius 3 is 2.50 bits per heavy atom. The Balaban J connectivity index is 1.62. The van der Waals surface area contributed by atoms with Crippen LogP contribution in [0.1, 0.15) is 38.6 Å². The number of piperidine rings is 1. The molecule has 1 saturated carbocycles. The summed E-state index contributed by atoms with van der Waals surface area (Å²) in [5.74, 6) is 1.02. The molecule has 3 atom stereocenters. The summed E-state index contributed by atoms with van der Waals surface area (Å²) in [7, 11) is 0. The van der Waals surface area contributed by atoms with Gasteiger partial charge in [0.1, 0.15) is 10.6 Å². The van der Waals surface area contributed by atoms with E-state index < -0.39 is 5.60 Å². The van der Waals surface area contributed by atoms with Crippen LogP contribution in [-0.4, -0.2) is 35.8 Å². The number of ether oxygens (including phenoxy) is 1. The molecule has 2 bridgehead atoms. The standard InChI is InChI=1S/C16H25N3O2S/c1-10-17-7-13(22-10)19-8-11-5-6-12(9-19)14(11)18-15(20)21-16(2,3)4/h7,11-12,14H,5-6,8-9H2,1-4H3,(H,18,20)/t11-,12+,14?. The Morgan fingerprint density at radius 1 is 1.36 bits per heavy atom. The molecule has 1 unspecified atom stereocenters. The van der Waals surface area contributed by atoms with Gasteiger partial charge in [0, 0.05) is 19.1 Å². The lowest BCUT2D eigenvalue weighted by atomic mass is 9.92. The highest BCUT2D eigenvalue weighted by atomic mass is 32.1. The number of nitrogens with zero attached hydrogens (tertiary/aromatic N) is 2. The number of aromatic nitrogens is 1. The lowest BCUT2D eigenvalue weighted by molar-refractivity contribution is 0.0473. The second-order valence-electron chi connectivity index (χ2n) is 7.39. The van der Waals surface area contributed by atoms with Crippen LogP contribution in [-0.2, 0) is 4.74 Å². The smallest absolute Gasteiger partial charge is 0.407 e. The van der Waals surface area contributed by atoms with Crippen LogP contribution in [0.4, 0.5) is 9.80 Å². The van der Waals surface area contributed by atoms with E-state index in [9.17, 15) is 4.79 Å². The highest BCUT2D eigenvalue weighted by molar-refractivity contribution is 7.15. The molecule has 0 aromatic carbocycles. The van der Waals surface area contributed by atoms with Gasteiger partial charge in [-0.15, -0.1) is 11.3 Å². The van der Waals surface area contributed by atoms with Crippen molar-refractivity contribution in [2.45, 2.75) is 52.2 Å². The molecule has 22 heavy (non-hydrogen) atoms. The summed E-state index contributed by atoms with van der Waals surface area (Å²) in [6.07, 6.45) is 4.05. The third-order valence-electron chi connectivity index (χ3n) is 4.44. The summed E-state index contributed by atoms with van der Waals surface area (Å²) < 4.78 is 5.41. The molecule has 122 valence electrons.